The molecule has 0 aromatic heterocycles. The number of rotatable bonds is 3. The molecule has 3 nitrogen and oxygen atoms in total. The molecule has 2 aromatic carbocycles. The third-order valence-corrected chi connectivity index (χ3v) is 3.01. The molecule has 0 spiro atoms. The van der Waals surface area contributed by atoms with Crippen molar-refractivity contribution in [3.63, 3.8) is 0 Å². The summed E-state index contributed by atoms with van der Waals surface area (Å²) in [5.41, 5.74) is 1.81. The molecule has 0 aliphatic carbocycles. The first kappa shape index (κ1) is 14.7. The van der Waals surface area contributed by atoms with Gasteiger partial charge >= 0.3 is 0 Å². The highest BCUT2D eigenvalue weighted by atomic mass is 35.5. The molecule has 20 heavy (non-hydrogen) atoms. The van der Waals surface area contributed by atoms with E-state index < -0.39 is 0 Å². The molecule has 6 heteroatoms. The van der Waals surface area contributed by atoms with Crippen molar-refractivity contribution in [2.75, 3.05) is 10.6 Å². The van der Waals surface area contributed by atoms with E-state index in [9.17, 15) is 9.50 Å². The lowest BCUT2D eigenvalue weighted by molar-refractivity contribution is 0.282. The Morgan fingerprint density at radius 2 is 2.00 bits per heavy atom. The molecule has 0 amide bonds. The number of hydrogen-bond acceptors (Lipinski definition) is 2. The van der Waals surface area contributed by atoms with E-state index in [1.54, 1.807) is 30.3 Å². The summed E-state index contributed by atoms with van der Waals surface area (Å²) in [4.78, 5) is 0. The minimum absolute atomic E-state index is 0.137. The third kappa shape index (κ3) is 3.90. The van der Waals surface area contributed by atoms with E-state index in [-0.39, 0.29) is 17.5 Å². The average Bonchev–Trinajstić information content (AvgIpc) is 2.38. The van der Waals surface area contributed by atoms with Crippen LogP contribution in [0.5, 0.6) is 0 Å². The Morgan fingerprint density at radius 3 is 2.70 bits per heavy atom. The summed E-state index contributed by atoms with van der Waals surface area (Å²) in [6.07, 6.45) is 0. The van der Waals surface area contributed by atoms with Crippen LogP contribution in [0.15, 0.2) is 42.5 Å². The number of hydrogen-bond donors (Lipinski definition) is 3. The van der Waals surface area contributed by atoms with Crippen LogP contribution in [0.4, 0.5) is 15.8 Å². The summed E-state index contributed by atoms with van der Waals surface area (Å²) < 4.78 is 13.1. The van der Waals surface area contributed by atoms with E-state index in [2.05, 4.69) is 10.6 Å². The van der Waals surface area contributed by atoms with Crippen molar-refractivity contribution in [1.82, 2.24) is 0 Å². The van der Waals surface area contributed by atoms with Crippen LogP contribution in [0.2, 0.25) is 5.02 Å². The van der Waals surface area contributed by atoms with Gasteiger partial charge in [0, 0.05) is 22.0 Å². The maximum absolute atomic E-state index is 13.1. The SMILES string of the molecule is OCc1ccc(Cl)cc1NC(=S)Nc1cccc(F)c1. The van der Waals surface area contributed by atoms with Gasteiger partial charge in [0.1, 0.15) is 5.82 Å². The van der Waals surface area contributed by atoms with Gasteiger partial charge in [0.15, 0.2) is 5.11 Å². The highest BCUT2D eigenvalue weighted by Gasteiger charge is 2.05. The number of halogens is 2. The normalized spacial score (nSPS) is 10.2. The largest absolute Gasteiger partial charge is 0.392 e. The summed E-state index contributed by atoms with van der Waals surface area (Å²) in [5.74, 6) is -0.350. The molecule has 104 valence electrons. The zero-order valence-corrected chi connectivity index (χ0v) is 11.9. The molecule has 3 N–H and O–H groups in total. The fourth-order valence-electron chi connectivity index (χ4n) is 1.65. The molecule has 2 aromatic rings. The zero-order chi connectivity index (χ0) is 14.5. The quantitative estimate of drug-likeness (QED) is 0.755. The Labute approximate surface area is 126 Å². The Kier molecular flexibility index (Phi) is 4.89. The lowest BCUT2D eigenvalue weighted by atomic mass is 10.2. The Bertz CT molecular complexity index is 636. The first-order valence-electron chi connectivity index (χ1n) is 5.81. The summed E-state index contributed by atoms with van der Waals surface area (Å²) in [5, 5.41) is 15.8. The van der Waals surface area contributed by atoms with E-state index in [0.29, 0.717) is 22.0 Å². The van der Waals surface area contributed by atoms with Crippen LogP contribution in [0, 0.1) is 5.82 Å². The number of anilines is 2. The highest BCUT2D eigenvalue weighted by molar-refractivity contribution is 7.80. The molecule has 0 saturated carbocycles. The van der Waals surface area contributed by atoms with E-state index in [1.807, 2.05) is 0 Å². The van der Waals surface area contributed by atoms with Gasteiger partial charge in [-0.25, -0.2) is 4.39 Å². The highest BCUT2D eigenvalue weighted by Crippen LogP contribution is 2.21. The minimum atomic E-state index is -0.350. The lowest BCUT2D eigenvalue weighted by Crippen LogP contribution is -2.20. The Balaban J connectivity index is 2.10. The van der Waals surface area contributed by atoms with Crippen LogP contribution >= 0.6 is 23.8 Å². The standard InChI is InChI=1S/C14H12ClFN2OS/c15-10-5-4-9(8-19)13(6-10)18-14(20)17-12-3-1-2-11(16)7-12/h1-7,19H,8H2,(H2,17,18,20). The monoisotopic (exact) mass is 310 g/mol. The van der Waals surface area contributed by atoms with Gasteiger partial charge in [-0.15, -0.1) is 0 Å². The van der Waals surface area contributed by atoms with Crippen LogP contribution in [0.25, 0.3) is 0 Å². The van der Waals surface area contributed by atoms with Gasteiger partial charge in [-0.2, -0.15) is 0 Å². The molecule has 0 radical (unpaired) electrons. The van der Waals surface area contributed by atoms with Crippen LogP contribution in [0.3, 0.4) is 0 Å². The van der Waals surface area contributed by atoms with Crippen molar-refractivity contribution in [3.05, 3.63) is 58.9 Å². The molecule has 0 heterocycles. The van der Waals surface area contributed by atoms with Crippen molar-refractivity contribution in [2.24, 2.45) is 0 Å². The van der Waals surface area contributed by atoms with Crippen molar-refractivity contribution in [3.8, 4) is 0 Å². The van der Waals surface area contributed by atoms with Gasteiger partial charge in [0.2, 0.25) is 0 Å². The Hall–Kier alpha value is -1.69. The first-order chi connectivity index (χ1) is 9.58. The summed E-state index contributed by atoms with van der Waals surface area (Å²) in [7, 11) is 0. The predicted octanol–water partition coefficient (Wildman–Crippen LogP) is 3.78. The lowest BCUT2D eigenvalue weighted by Gasteiger charge is -2.13. The second-order valence-corrected chi connectivity index (χ2v) is 4.89. The maximum atomic E-state index is 13.1. The fraction of sp³-hybridized carbons (Fsp3) is 0.0714. The molecule has 0 unspecified atom stereocenters. The topological polar surface area (TPSA) is 44.3 Å². The van der Waals surface area contributed by atoms with Crippen molar-refractivity contribution in [2.45, 2.75) is 6.61 Å². The van der Waals surface area contributed by atoms with E-state index >= 15 is 0 Å². The number of aliphatic hydroxyl groups is 1. The van der Waals surface area contributed by atoms with Crippen LogP contribution in [0.1, 0.15) is 5.56 Å². The third-order valence-electron chi connectivity index (χ3n) is 2.57. The number of aliphatic hydroxyl groups excluding tert-OH is 1. The fourth-order valence-corrected chi connectivity index (χ4v) is 2.05. The van der Waals surface area contributed by atoms with Crippen LogP contribution < -0.4 is 10.6 Å². The molecular weight excluding hydrogens is 299 g/mol. The molecule has 0 saturated heterocycles. The summed E-state index contributed by atoms with van der Waals surface area (Å²) in [6, 6.07) is 11.0. The zero-order valence-electron chi connectivity index (χ0n) is 10.4. The van der Waals surface area contributed by atoms with E-state index in [0.717, 1.165) is 0 Å². The summed E-state index contributed by atoms with van der Waals surface area (Å²) in [6.45, 7) is -0.137. The van der Waals surface area contributed by atoms with Crippen LogP contribution in [-0.4, -0.2) is 10.2 Å². The molecular formula is C14H12ClFN2OS. The Morgan fingerprint density at radius 1 is 1.20 bits per heavy atom. The van der Waals surface area contributed by atoms with Crippen molar-refractivity contribution in [1.29, 1.82) is 0 Å². The van der Waals surface area contributed by atoms with Gasteiger partial charge < -0.3 is 15.7 Å². The second-order valence-electron chi connectivity index (χ2n) is 4.05. The molecule has 0 aliphatic rings. The average molecular weight is 311 g/mol. The number of benzene rings is 2. The molecule has 2 rings (SSSR count). The van der Waals surface area contributed by atoms with E-state index in [1.165, 1.54) is 12.1 Å². The smallest absolute Gasteiger partial charge is 0.175 e. The number of thiocarbonyl (C=S) groups is 1. The molecule has 0 bridgehead atoms. The first-order valence-corrected chi connectivity index (χ1v) is 6.60. The second kappa shape index (κ2) is 6.65. The molecule has 0 fully saturated rings. The minimum Gasteiger partial charge on any atom is -0.392 e. The van der Waals surface area contributed by atoms with Gasteiger partial charge in [-0.1, -0.05) is 23.7 Å². The summed E-state index contributed by atoms with van der Waals surface area (Å²) >= 11 is 11.0. The molecule has 0 aliphatic heterocycles. The van der Waals surface area contributed by atoms with Gasteiger partial charge in [0.25, 0.3) is 0 Å². The van der Waals surface area contributed by atoms with Crippen LogP contribution in [-0.2, 0) is 6.61 Å². The maximum Gasteiger partial charge on any atom is 0.175 e. The van der Waals surface area contributed by atoms with Gasteiger partial charge in [-0.3, -0.25) is 0 Å². The molecule has 0 atom stereocenters. The predicted molar refractivity (Wildman–Crippen MR) is 83.6 cm³/mol. The van der Waals surface area contributed by atoms with Crippen molar-refractivity contribution < 1.29 is 9.50 Å². The van der Waals surface area contributed by atoms with Gasteiger partial charge in [-0.05, 0) is 42.5 Å². The number of nitrogens with one attached hydrogen (secondary N) is 2. The van der Waals surface area contributed by atoms with Gasteiger partial charge in [0.05, 0.1) is 6.61 Å². The van der Waals surface area contributed by atoms with E-state index in [4.69, 9.17) is 23.8 Å². The van der Waals surface area contributed by atoms with Crippen molar-refractivity contribution >= 4 is 40.3 Å².